The Bertz CT molecular complexity index is 1170. The van der Waals surface area contributed by atoms with Gasteiger partial charge in [-0.25, -0.2) is 17.8 Å². The zero-order valence-corrected chi connectivity index (χ0v) is 17.7. The highest BCUT2D eigenvalue weighted by Crippen LogP contribution is 2.30. The molecule has 0 unspecified atom stereocenters. The van der Waals surface area contributed by atoms with Crippen LogP contribution in [0.4, 0.5) is 9.52 Å². The minimum absolute atomic E-state index is 0.0974. The summed E-state index contributed by atoms with van der Waals surface area (Å²) in [5.74, 6) is -1.26. The summed E-state index contributed by atoms with van der Waals surface area (Å²) < 4.78 is 42.0. The molecule has 0 aliphatic carbocycles. The third-order valence-electron chi connectivity index (χ3n) is 4.46. The summed E-state index contributed by atoms with van der Waals surface area (Å²) in [5, 5.41) is 2.85. The quantitative estimate of drug-likeness (QED) is 0.601. The summed E-state index contributed by atoms with van der Waals surface area (Å²) in [5.41, 5.74) is 0.469. The van der Waals surface area contributed by atoms with E-state index < -0.39 is 21.7 Å². The third kappa shape index (κ3) is 3.69. The second-order valence-corrected chi connectivity index (χ2v) is 10.2. The largest absolute Gasteiger partial charge is 0.298 e. The van der Waals surface area contributed by atoms with Crippen molar-refractivity contribution in [3.8, 4) is 0 Å². The van der Waals surface area contributed by atoms with E-state index >= 15 is 0 Å². The van der Waals surface area contributed by atoms with Gasteiger partial charge in [0.15, 0.2) is 5.13 Å². The summed E-state index contributed by atoms with van der Waals surface area (Å²) in [7, 11) is -3.53. The Morgan fingerprint density at radius 2 is 1.93 bits per heavy atom. The van der Waals surface area contributed by atoms with E-state index in [-0.39, 0.29) is 15.6 Å². The minimum atomic E-state index is -3.53. The van der Waals surface area contributed by atoms with Crippen molar-refractivity contribution in [1.82, 2.24) is 9.29 Å². The molecule has 1 amide bonds. The van der Waals surface area contributed by atoms with Gasteiger partial charge in [-0.05, 0) is 49.2 Å². The summed E-state index contributed by atoms with van der Waals surface area (Å²) in [6.45, 7) is 1.06. The molecule has 1 saturated heterocycles. The molecule has 0 bridgehead atoms. The summed E-state index contributed by atoms with van der Waals surface area (Å²) >= 11 is 4.29. The lowest BCUT2D eigenvalue weighted by Gasteiger charge is -2.15. The maximum absolute atomic E-state index is 14.0. The molecule has 1 aliphatic heterocycles. The van der Waals surface area contributed by atoms with Gasteiger partial charge >= 0.3 is 0 Å². The molecule has 10 heteroatoms. The van der Waals surface area contributed by atoms with Crippen LogP contribution < -0.4 is 5.32 Å². The molecule has 1 fully saturated rings. The molecule has 0 radical (unpaired) electrons. The highest BCUT2D eigenvalue weighted by atomic mass is 79.9. The molecule has 2 heterocycles. The number of anilines is 1. The van der Waals surface area contributed by atoms with E-state index in [0.717, 1.165) is 24.2 Å². The first kappa shape index (κ1) is 19.4. The number of benzene rings is 2. The highest BCUT2D eigenvalue weighted by molar-refractivity contribution is 9.10. The lowest BCUT2D eigenvalue weighted by atomic mass is 10.2. The van der Waals surface area contributed by atoms with Crippen molar-refractivity contribution < 1.29 is 17.6 Å². The summed E-state index contributed by atoms with van der Waals surface area (Å²) in [4.78, 5) is 16.8. The fraction of sp³-hybridized carbons (Fsp3) is 0.222. The average Bonchev–Trinajstić information content (AvgIpc) is 3.30. The monoisotopic (exact) mass is 483 g/mol. The van der Waals surface area contributed by atoms with Crippen molar-refractivity contribution in [2.45, 2.75) is 17.7 Å². The van der Waals surface area contributed by atoms with Crippen LogP contribution in [-0.2, 0) is 10.0 Å². The first-order valence-corrected chi connectivity index (χ1v) is 11.6. The van der Waals surface area contributed by atoms with Gasteiger partial charge in [-0.3, -0.25) is 10.1 Å². The zero-order valence-electron chi connectivity index (χ0n) is 14.5. The number of sulfonamides is 1. The number of thiazole rings is 1. The Morgan fingerprint density at radius 3 is 2.64 bits per heavy atom. The second-order valence-electron chi connectivity index (χ2n) is 6.34. The molecule has 1 N–H and O–H groups in total. The molecule has 1 aliphatic rings. The van der Waals surface area contributed by atoms with E-state index in [9.17, 15) is 17.6 Å². The molecule has 6 nitrogen and oxygen atoms in total. The van der Waals surface area contributed by atoms with Gasteiger partial charge in [0, 0.05) is 17.6 Å². The molecule has 4 rings (SSSR count). The number of nitrogens with zero attached hydrogens (tertiary/aromatic N) is 2. The Balaban J connectivity index is 1.60. The van der Waals surface area contributed by atoms with Crippen molar-refractivity contribution in [2.24, 2.45) is 0 Å². The molecule has 0 atom stereocenters. The van der Waals surface area contributed by atoms with Crippen LogP contribution in [-0.4, -0.2) is 36.7 Å². The van der Waals surface area contributed by atoms with Gasteiger partial charge in [-0.15, -0.1) is 0 Å². The molecule has 0 saturated carbocycles. The predicted molar refractivity (Wildman–Crippen MR) is 110 cm³/mol. The van der Waals surface area contributed by atoms with Crippen LogP contribution in [0, 0.1) is 5.82 Å². The van der Waals surface area contributed by atoms with Crippen molar-refractivity contribution >= 4 is 58.5 Å². The Labute approximate surface area is 173 Å². The first-order valence-electron chi connectivity index (χ1n) is 8.52. The van der Waals surface area contributed by atoms with Crippen LogP contribution in [0.5, 0.6) is 0 Å². The number of nitrogens with one attached hydrogen (secondary N) is 1. The second kappa shape index (κ2) is 7.51. The zero-order chi connectivity index (χ0) is 19.9. The van der Waals surface area contributed by atoms with E-state index in [2.05, 4.69) is 26.2 Å². The van der Waals surface area contributed by atoms with Gasteiger partial charge in [-0.2, -0.15) is 4.31 Å². The number of hydrogen-bond donors (Lipinski definition) is 1. The Kier molecular flexibility index (Phi) is 5.21. The third-order valence-corrected chi connectivity index (χ3v) is 7.78. The number of carbonyl (C=O) groups excluding carboxylic acids is 1. The number of aromatic nitrogens is 1. The number of rotatable bonds is 4. The van der Waals surface area contributed by atoms with Crippen LogP contribution >= 0.6 is 27.3 Å². The van der Waals surface area contributed by atoms with Gasteiger partial charge in [-0.1, -0.05) is 27.3 Å². The summed E-state index contributed by atoms with van der Waals surface area (Å²) in [6, 6.07) is 8.87. The molecule has 3 aromatic rings. The van der Waals surface area contributed by atoms with Crippen LogP contribution in [0.1, 0.15) is 23.2 Å². The fourth-order valence-electron chi connectivity index (χ4n) is 3.03. The van der Waals surface area contributed by atoms with Gasteiger partial charge in [0.05, 0.1) is 20.7 Å². The lowest BCUT2D eigenvalue weighted by molar-refractivity contribution is 0.102. The van der Waals surface area contributed by atoms with E-state index in [4.69, 9.17) is 0 Å². The van der Waals surface area contributed by atoms with E-state index in [0.29, 0.717) is 27.8 Å². The maximum Gasteiger partial charge on any atom is 0.260 e. The molecule has 28 heavy (non-hydrogen) atoms. The highest BCUT2D eigenvalue weighted by Gasteiger charge is 2.27. The lowest BCUT2D eigenvalue weighted by Crippen LogP contribution is -2.27. The summed E-state index contributed by atoms with van der Waals surface area (Å²) in [6.07, 6.45) is 1.73. The van der Waals surface area contributed by atoms with Crippen LogP contribution in [0.25, 0.3) is 10.2 Å². The minimum Gasteiger partial charge on any atom is -0.298 e. The van der Waals surface area contributed by atoms with Crippen LogP contribution in [0.2, 0.25) is 0 Å². The van der Waals surface area contributed by atoms with E-state index in [1.165, 1.54) is 22.5 Å². The van der Waals surface area contributed by atoms with Crippen molar-refractivity contribution in [3.05, 3.63) is 52.3 Å². The number of carbonyl (C=O) groups is 1. The average molecular weight is 484 g/mol. The molecular weight excluding hydrogens is 469 g/mol. The van der Waals surface area contributed by atoms with Gasteiger partial charge < -0.3 is 0 Å². The fourth-order valence-corrected chi connectivity index (χ4v) is 5.89. The number of hydrogen-bond acceptors (Lipinski definition) is 5. The SMILES string of the molecule is O=C(Nc1nc2ccc(S(=O)(=O)N3CCCC3)cc2s1)c1ccc(Br)cc1F. The molecule has 1 aromatic heterocycles. The van der Waals surface area contributed by atoms with E-state index in [1.54, 1.807) is 18.2 Å². The maximum atomic E-state index is 14.0. The smallest absolute Gasteiger partial charge is 0.260 e. The van der Waals surface area contributed by atoms with Crippen LogP contribution in [0.15, 0.2) is 45.8 Å². The molecular formula is C18H15BrFN3O3S2. The Morgan fingerprint density at radius 1 is 1.18 bits per heavy atom. The van der Waals surface area contributed by atoms with E-state index in [1.807, 2.05) is 0 Å². The topological polar surface area (TPSA) is 79.4 Å². The van der Waals surface area contributed by atoms with Crippen molar-refractivity contribution in [2.75, 3.05) is 18.4 Å². The van der Waals surface area contributed by atoms with Gasteiger partial charge in [0.2, 0.25) is 10.0 Å². The predicted octanol–water partition coefficient (Wildman–Crippen LogP) is 4.23. The van der Waals surface area contributed by atoms with Crippen LogP contribution in [0.3, 0.4) is 0 Å². The normalized spacial score (nSPS) is 15.2. The van der Waals surface area contributed by atoms with Gasteiger partial charge in [0.25, 0.3) is 5.91 Å². The number of halogens is 2. The first-order chi connectivity index (χ1) is 13.3. The molecule has 0 spiro atoms. The number of fused-ring (bicyclic) bond motifs is 1. The Hall–Kier alpha value is -1.88. The molecule has 2 aromatic carbocycles. The van der Waals surface area contributed by atoms with Crippen molar-refractivity contribution in [1.29, 1.82) is 0 Å². The number of amides is 1. The van der Waals surface area contributed by atoms with Gasteiger partial charge in [0.1, 0.15) is 5.82 Å². The molecule has 146 valence electrons. The van der Waals surface area contributed by atoms with Crippen molar-refractivity contribution in [3.63, 3.8) is 0 Å². The standard InChI is InChI=1S/C18H15BrFN3O3S2/c19-11-3-5-13(14(20)9-11)17(24)22-18-21-15-6-4-12(10-16(15)27-18)28(25,26)23-7-1-2-8-23/h3-6,9-10H,1-2,7-8H2,(H,21,22,24).